The number of nitrogens with two attached hydrogens (primary N) is 1. The van der Waals surface area contributed by atoms with Gasteiger partial charge in [-0.15, -0.1) is 0 Å². The lowest BCUT2D eigenvalue weighted by Gasteiger charge is -2.32. The van der Waals surface area contributed by atoms with E-state index in [0.717, 1.165) is 38.3 Å². The van der Waals surface area contributed by atoms with E-state index in [2.05, 4.69) is 36.1 Å². The van der Waals surface area contributed by atoms with Crippen LogP contribution in [0.25, 0.3) is 0 Å². The first-order valence-electron chi connectivity index (χ1n) is 6.51. The molecule has 17 heavy (non-hydrogen) atoms. The first kappa shape index (κ1) is 16.2. The summed E-state index contributed by atoms with van der Waals surface area (Å²) in [7, 11) is 1.71. The summed E-state index contributed by atoms with van der Waals surface area (Å²) in [4.78, 5) is 6.69. The topological polar surface area (TPSA) is 62.9 Å². The van der Waals surface area contributed by atoms with Crippen molar-refractivity contribution >= 4 is 5.96 Å². The zero-order chi connectivity index (χ0) is 13.1. The Morgan fingerprint density at radius 3 is 2.41 bits per heavy atom. The van der Waals surface area contributed by atoms with Crippen molar-refractivity contribution in [2.45, 2.75) is 46.1 Å². The molecule has 0 radical (unpaired) electrons. The van der Waals surface area contributed by atoms with Crippen molar-refractivity contribution < 1.29 is 4.74 Å². The standard InChI is InChI=1S/C12H28N4O/c1-5-8-14-12(15-13)16(9-10-17-4)11(6-2)7-3/h11H,5-10,13H2,1-4H3,(H,14,15). The van der Waals surface area contributed by atoms with Crippen LogP contribution in [0.3, 0.4) is 0 Å². The molecule has 0 heterocycles. The molecule has 5 heteroatoms. The van der Waals surface area contributed by atoms with E-state index >= 15 is 0 Å². The number of hydrogen-bond acceptors (Lipinski definition) is 3. The third kappa shape index (κ3) is 5.89. The molecule has 0 bridgehead atoms. The van der Waals surface area contributed by atoms with Crippen LogP contribution in [0, 0.1) is 0 Å². The Hall–Kier alpha value is -0.810. The van der Waals surface area contributed by atoms with Gasteiger partial charge in [-0.2, -0.15) is 0 Å². The number of nitrogens with one attached hydrogen (secondary N) is 1. The van der Waals surface area contributed by atoms with Gasteiger partial charge in [0.1, 0.15) is 0 Å². The smallest absolute Gasteiger partial charge is 0.208 e. The molecule has 0 aromatic rings. The van der Waals surface area contributed by atoms with E-state index in [4.69, 9.17) is 10.6 Å². The van der Waals surface area contributed by atoms with E-state index < -0.39 is 0 Å². The minimum absolute atomic E-state index is 0.455. The van der Waals surface area contributed by atoms with E-state index in [1.807, 2.05) is 0 Å². The van der Waals surface area contributed by atoms with Crippen LogP contribution in [-0.4, -0.2) is 43.7 Å². The summed E-state index contributed by atoms with van der Waals surface area (Å²) in [5.74, 6) is 6.35. The molecule has 102 valence electrons. The maximum atomic E-state index is 5.57. The molecule has 0 aliphatic carbocycles. The normalized spacial score (nSPS) is 12.0. The van der Waals surface area contributed by atoms with Crippen molar-refractivity contribution in [1.82, 2.24) is 10.3 Å². The van der Waals surface area contributed by atoms with Crippen LogP contribution >= 0.6 is 0 Å². The molecule has 0 aromatic carbocycles. The summed E-state index contributed by atoms with van der Waals surface area (Å²) < 4.78 is 5.15. The maximum Gasteiger partial charge on any atom is 0.208 e. The van der Waals surface area contributed by atoms with Gasteiger partial charge in [0.15, 0.2) is 0 Å². The molecule has 0 aliphatic rings. The van der Waals surface area contributed by atoms with Crippen LogP contribution in [0.2, 0.25) is 0 Å². The highest BCUT2D eigenvalue weighted by molar-refractivity contribution is 5.79. The second kappa shape index (κ2) is 10.4. The second-order valence-corrected chi connectivity index (χ2v) is 4.01. The third-order valence-electron chi connectivity index (χ3n) is 2.81. The number of aliphatic imine (C=N–C) groups is 1. The Kier molecular flexibility index (Phi) is 9.86. The predicted octanol–water partition coefficient (Wildman–Crippen LogP) is 1.35. The first-order chi connectivity index (χ1) is 8.24. The van der Waals surface area contributed by atoms with Crippen molar-refractivity contribution in [3.05, 3.63) is 0 Å². The molecule has 0 aliphatic heterocycles. The fourth-order valence-electron chi connectivity index (χ4n) is 1.82. The summed E-state index contributed by atoms with van der Waals surface area (Å²) in [6.45, 7) is 8.76. The number of nitrogens with zero attached hydrogens (tertiary/aromatic N) is 2. The molecule has 0 spiro atoms. The van der Waals surface area contributed by atoms with Gasteiger partial charge in [0, 0.05) is 26.2 Å². The molecule has 3 N–H and O–H groups in total. The number of rotatable bonds is 8. The summed E-state index contributed by atoms with van der Waals surface area (Å²) >= 11 is 0. The van der Waals surface area contributed by atoms with Crippen molar-refractivity contribution in [2.24, 2.45) is 10.8 Å². The summed E-state index contributed by atoms with van der Waals surface area (Å²) in [6.07, 6.45) is 3.17. The lowest BCUT2D eigenvalue weighted by molar-refractivity contribution is 0.156. The van der Waals surface area contributed by atoms with Crippen molar-refractivity contribution in [3.63, 3.8) is 0 Å². The minimum atomic E-state index is 0.455. The van der Waals surface area contributed by atoms with Gasteiger partial charge in [-0.1, -0.05) is 20.8 Å². The van der Waals surface area contributed by atoms with Gasteiger partial charge >= 0.3 is 0 Å². The number of ether oxygens (including phenoxy) is 1. The second-order valence-electron chi connectivity index (χ2n) is 4.01. The highest BCUT2D eigenvalue weighted by Gasteiger charge is 2.18. The highest BCUT2D eigenvalue weighted by Crippen LogP contribution is 2.08. The maximum absolute atomic E-state index is 5.57. The van der Waals surface area contributed by atoms with Gasteiger partial charge < -0.3 is 9.64 Å². The quantitative estimate of drug-likeness (QED) is 0.293. The molecule has 0 aromatic heterocycles. The SMILES string of the molecule is CCCN=C(NN)N(CCOC)C(CC)CC. The predicted molar refractivity (Wildman–Crippen MR) is 72.9 cm³/mol. The average Bonchev–Trinajstić information content (AvgIpc) is 2.36. The molecule has 0 unspecified atom stereocenters. The molecule has 0 amide bonds. The molecular weight excluding hydrogens is 216 g/mol. The van der Waals surface area contributed by atoms with Gasteiger partial charge in [-0.25, -0.2) is 5.84 Å². The largest absolute Gasteiger partial charge is 0.383 e. The van der Waals surface area contributed by atoms with Crippen molar-refractivity contribution in [1.29, 1.82) is 0 Å². The molecule has 0 rings (SSSR count). The van der Waals surface area contributed by atoms with Gasteiger partial charge in [-0.05, 0) is 19.3 Å². The molecule has 5 nitrogen and oxygen atoms in total. The van der Waals surface area contributed by atoms with E-state index in [0.29, 0.717) is 12.6 Å². The molecule has 0 fully saturated rings. The Bertz CT molecular complexity index is 205. The fourth-order valence-corrected chi connectivity index (χ4v) is 1.82. The van der Waals surface area contributed by atoms with Gasteiger partial charge in [-0.3, -0.25) is 10.4 Å². The van der Waals surface area contributed by atoms with Crippen LogP contribution in [-0.2, 0) is 4.74 Å². The first-order valence-corrected chi connectivity index (χ1v) is 6.51. The molecule has 0 saturated carbocycles. The Morgan fingerprint density at radius 2 is 2.00 bits per heavy atom. The van der Waals surface area contributed by atoms with E-state index in [-0.39, 0.29) is 0 Å². The zero-order valence-electron chi connectivity index (χ0n) is 11.7. The van der Waals surface area contributed by atoms with E-state index in [1.54, 1.807) is 7.11 Å². The number of hydrazine groups is 1. The lowest BCUT2D eigenvalue weighted by atomic mass is 10.1. The number of methoxy groups -OCH3 is 1. The minimum Gasteiger partial charge on any atom is -0.383 e. The number of hydrogen-bond donors (Lipinski definition) is 2. The Morgan fingerprint density at radius 1 is 1.35 bits per heavy atom. The lowest BCUT2D eigenvalue weighted by Crippen LogP contribution is -2.50. The van der Waals surface area contributed by atoms with Gasteiger partial charge in [0.25, 0.3) is 0 Å². The van der Waals surface area contributed by atoms with Crippen LogP contribution in [0.5, 0.6) is 0 Å². The van der Waals surface area contributed by atoms with Gasteiger partial charge in [0.2, 0.25) is 5.96 Å². The monoisotopic (exact) mass is 244 g/mol. The fraction of sp³-hybridized carbons (Fsp3) is 0.917. The van der Waals surface area contributed by atoms with E-state index in [1.165, 1.54) is 0 Å². The summed E-state index contributed by atoms with van der Waals surface area (Å²) in [5, 5.41) is 0. The van der Waals surface area contributed by atoms with Crippen LogP contribution in [0.15, 0.2) is 4.99 Å². The van der Waals surface area contributed by atoms with Crippen molar-refractivity contribution in [2.75, 3.05) is 26.8 Å². The Balaban J connectivity index is 4.71. The van der Waals surface area contributed by atoms with Crippen LogP contribution < -0.4 is 11.3 Å². The van der Waals surface area contributed by atoms with Crippen molar-refractivity contribution in [3.8, 4) is 0 Å². The van der Waals surface area contributed by atoms with Gasteiger partial charge in [0.05, 0.1) is 6.61 Å². The highest BCUT2D eigenvalue weighted by atomic mass is 16.5. The average molecular weight is 244 g/mol. The van der Waals surface area contributed by atoms with Crippen LogP contribution in [0.4, 0.5) is 0 Å². The summed E-state index contributed by atoms with van der Waals surface area (Å²) in [6, 6.07) is 0.455. The van der Waals surface area contributed by atoms with Crippen LogP contribution in [0.1, 0.15) is 40.0 Å². The third-order valence-corrected chi connectivity index (χ3v) is 2.81. The number of guanidine groups is 1. The molecular formula is C12H28N4O. The Labute approximate surface area is 105 Å². The molecule has 0 atom stereocenters. The molecule has 0 saturated heterocycles. The summed E-state index contributed by atoms with van der Waals surface area (Å²) in [5.41, 5.74) is 2.72. The van der Waals surface area contributed by atoms with E-state index in [9.17, 15) is 0 Å². The zero-order valence-corrected chi connectivity index (χ0v) is 11.7.